The van der Waals surface area contributed by atoms with Crippen LogP contribution in [-0.4, -0.2) is 56.8 Å². The minimum Gasteiger partial charge on any atom is -0.379 e. The lowest BCUT2D eigenvalue weighted by atomic mass is 10.0. The van der Waals surface area contributed by atoms with Crippen LogP contribution in [0.1, 0.15) is 22.9 Å². The van der Waals surface area contributed by atoms with Crippen molar-refractivity contribution in [3.05, 3.63) is 29.3 Å². The van der Waals surface area contributed by atoms with Gasteiger partial charge in [-0.2, -0.15) is 20.5 Å². The molecule has 3 heterocycles. The number of ether oxygens (including phenoxy) is 1. The summed E-state index contributed by atoms with van der Waals surface area (Å²) in [5, 5.41) is 17.8. The third-order valence-corrected chi connectivity index (χ3v) is 3.77. The smallest absolute Gasteiger partial charge is 0.0894 e. The van der Waals surface area contributed by atoms with E-state index in [2.05, 4.69) is 37.4 Å². The van der Waals surface area contributed by atoms with Crippen molar-refractivity contribution in [3.63, 3.8) is 0 Å². The van der Waals surface area contributed by atoms with Gasteiger partial charge in [0.05, 0.1) is 29.9 Å². The highest BCUT2D eigenvalue weighted by molar-refractivity contribution is 5.15. The van der Waals surface area contributed by atoms with E-state index in [4.69, 9.17) is 4.74 Å². The van der Waals surface area contributed by atoms with E-state index in [-0.39, 0.29) is 12.0 Å². The molecule has 0 saturated carbocycles. The molecular weight excluding hydrogens is 244 g/mol. The molecule has 7 nitrogen and oxygen atoms in total. The summed E-state index contributed by atoms with van der Waals surface area (Å²) in [6, 6.07) is 0. The molecule has 1 aliphatic rings. The highest BCUT2D eigenvalue weighted by atomic mass is 16.5. The summed E-state index contributed by atoms with van der Waals surface area (Å²) in [7, 11) is 1.75. The number of nitrogens with one attached hydrogen (secondary N) is 2. The van der Waals surface area contributed by atoms with Crippen LogP contribution in [0.2, 0.25) is 0 Å². The Morgan fingerprint density at radius 1 is 1.37 bits per heavy atom. The maximum atomic E-state index is 5.58. The van der Waals surface area contributed by atoms with Gasteiger partial charge in [-0.05, 0) is 12.5 Å². The molecule has 1 aliphatic heterocycles. The lowest BCUT2D eigenvalue weighted by Crippen LogP contribution is -2.23. The predicted octanol–water partition coefficient (Wildman–Crippen LogP) is 0.451. The van der Waals surface area contributed by atoms with Crippen molar-refractivity contribution in [1.29, 1.82) is 0 Å². The first-order chi connectivity index (χ1) is 9.28. The van der Waals surface area contributed by atoms with Crippen molar-refractivity contribution < 1.29 is 4.74 Å². The fourth-order valence-corrected chi connectivity index (χ4v) is 2.65. The Labute approximate surface area is 111 Å². The Balaban J connectivity index is 1.71. The average molecular weight is 262 g/mol. The first kappa shape index (κ1) is 12.3. The van der Waals surface area contributed by atoms with Crippen LogP contribution in [-0.2, 0) is 11.3 Å². The van der Waals surface area contributed by atoms with Crippen molar-refractivity contribution in [2.45, 2.75) is 25.5 Å². The molecule has 0 spiro atoms. The van der Waals surface area contributed by atoms with Crippen molar-refractivity contribution >= 4 is 0 Å². The summed E-state index contributed by atoms with van der Waals surface area (Å²) in [4.78, 5) is 2.36. The van der Waals surface area contributed by atoms with E-state index in [9.17, 15) is 0 Å². The molecule has 2 aromatic rings. The van der Waals surface area contributed by atoms with Gasteiger partial charge in [0.2, 0.25) is 0 Å². The zero-order valence-electron chi connectivity index (χ0n) is 11.1. The van der Waals surface area contributed by atoms with Crippen LogP contribution in [0.5, 0.6) is 0 Å². The zero-order chi connectivity index (χ0) is 13.2. The standard InChI is InChI=1S/C12H18N6O/c1-8-3-13-15-11(8)6-18-5-9(12(7-18)19-2)10-4-14-17-16-10/h3-4,9,12H,5-7H2,1-2H3,(H,13,15)(H,14,16,17)/t9-,12+/m0/s1. The van der Waals surface area contributed by atoms with E-state index in [1.54, 1.807) is 13.3 Å². The summed E-state index contributed by atoms with van der Waals surface area (Å²) in [6.07, 6.45) is 3.80. The number of likely N-dealkylation sites (tertiary alicyclic amines) is 1. The highest BCUT2D eigenvalue weighted by Gasteiger charge is 2.35. The van der Waals surface area contributed by atoms with E-state index in [1.165, 1.54) is 5.56 Å². The number of aryl methyl sites for hydroxylation is 1. The number of aromatic amines is 2. The minimum atomic E-state index is 0.160. The number of methoxy groups -OCH3 is 1. The van der Waals surface area contributed by atoms with Crippen molar-refractivity contribution in [2.24, 2.45) is 0 Å². The fraction of sp³-hybridized carbons (Fsp3) is 0.583. The average Bonchev–Trinajstić information content (AvgIpc) is 3.11. The van der Waals surface area contributed by atoms with E-state index in [0.717, 1.165) is 31.0 Å². The molecule has 2 atom stereocenters. The molecule has 0 bridgehead atoms. The number of rotatable bonds is 4. The van der Waals surface area contributed by atoms with Gasteiger partial charge in [-0.1, -0.05) is 0 Å². The van der Waals surface area contributed by atoms with Gasteiger partial charge in [0.1, 0.15) is 0 Å². The second-order valence-corrected chi connectivity index (χ2v) is 5.00. The van der Waals surface area contributed by atoms with Gasteiger partial charge in [0.15, 0.2) is 0 Å². The first-order valence-electron chi connectivity index (χ1n) is 6.37. The molecule has 3 rings (SSSR count). The van der Waals surface area contributed by atoms with Gasteiger partial charge in [-0.25, -0.2) is 0 Å². The third-order valence-electron chi connectivity index (χ3n) is 3.77. The largest absolute Gasteiger partial charge is 0.379 e. The monoisotopic (exact) mass is 262 g/mol. The van der Waals surface area contributed by atoms with Gasteiger partial charge in [0.25, 0.3) is 0 Å². The zero-order valence-corrected chi connectivity index (χ0v) is 11.1. The highest BCUT2D eigenvalue weighted by Crippen LogP contribution is 2.28. The SMILES string of the molecule is CO[C@@H]1CN(Cc2[nH]ncc2C)C[C@H]1c1cn[nH]n1. The van der Waals surface area contributed by atoms with Gasteiger partial charge >= 0.3 is 0 Å². The van der Waals surface area contributed by atoms with Crippen LogP contribution in [0.4, 0.5) is 0 Å². The maximum Gasteiger partial charge on any atom is 0.0894 e. The molecule has 19 heavy (non-hydrogen) atoms. The number of H-pyrrole nitrogens is 2. The summed E-state index contributed by atoms with van der Waals surface area (Å²) in [6.45, 7) is 4.74. The van der Waals surface area contributed by atoms with Crippen LogP contribution < -0.4 is 0 Å². The summed E-state index contributed by atoms with van der Waals surface area (Å²) < 4.78 is 5.58. The third kappa shape index (κ3) is 2.39. The number of hydrogen-bond acceptors (Lipinski definition) is 5. The fourth-order valence-electron chi connectivity index (χ4n) is 2.65. The van der Waals surface area contributed by atoms with E-state index in [0.29, 0.717) is 0 Å². The second-order valence-electron chi connectivity index (χ2n) is 5.00. The van der Waals surface area contributed by atoms with Crippen molar-refractivity contribution in [3.8, 4) is 0 Å². The van der Waals surface area contributed by atoms with Crippen LogP contribution >= 0.6 is 0 Å². The first-order valence-corrected chi connectivity index (χ1v) is 6.37. The van der Waals surface area contributed by atoms with Gasteiger partial charge < -0.3 is 4.74 Å². The molecule has 1 fully saturated rings. The maximum absolute atomic E-state index is 5.58. The van der Waals surface area contributed by atoms with Crippen molar-refractivity contribution in [2.75, 3.05) is 20.2 Å². The lowest BCUT2D eigenvalue weighted by molar-refractivity contribution is 0.0956. The Morgan fingerprint density at radius 3 is 2.89 bits per heavy atom. The molecule has 1 saturated heterocycles. The Kier molecular flexibility index (Phi) is 3.31. The van der Waals surface area contributed by atoms with Crippen LogP contribution in [0.25, 0.3) is 0 Å². The molecule has 2 N–H and O–H groups in total. The second kappa shape index (κ2) is 5.10. The molecule has 0 aromatic carbocycles. The van der Waals surface area contributed by atoms with E-state index < -0.39 is 0 Å². The topological polar surface area (TPSA) is 82.7 Å². The quantitative estimate of drug-likeness (QED) is 0.836. The molecule has 0 unspecified atom stereocenters. The lowest BCUT2D eigenvalue weighted by Gasteiger charge is -2.14. The summed E-state index contributed by atoms with van der Waals surface area (Å²) in [5.41, 5.74) is 3.32. The summed E-state index contributed by atoms with van der Waals surface area (Å²) in [5.74, 6) is 0.270. The molecule has 0 radical (unpaired) electrons. The molecule has 2 aromatic heterocycles. The predicted molar refractivity (Wildman–Crippen MR) is 68.5 cm³/mol. The van der Waals surface area contributed by atoms with Gasteiger partial charge in [0, 0.05) is 32.7 Å². The number of hydrogen-bond donors (Lipinski definition) is 2. The van der Waals surface area contributed by atoms with Crippen LogP contribution in [0, 0.1) is 6.92 Å². The Bertz CT molecular complexity index is 522. The van der Waals surface area contributed by atoms with Crippen LogP contribution in [0.3, 0.4) is 0 Å². The van der Waals surface area contributed by atoms with E-state index >= 15 is 0 Å². The molecule has 0 aliphatic carbocycles. The Morgan fingerprint density at radius 2 is 2.26 bits per heavy atom. The van der Waals surface area contributed by atoms with Crippen LogP contribution in [0.15, 0.2) is 12.4 Å². The molecule has 7 heteroatoms. The molecular formula is C12H18N6O. The molecule has 102 valence electrons. The van der Waals surface area contributed by atoms with E-state index in [1.807, 2.05) is 6.20 Å². The van der Waals surface area contributed by atoms with Gasteiger partial charge in [-0.15, -0.1) is 0 Å². The number of aromatic nitrogens is 5. The minimum absolute atomic E-state index is 0.160. The molecule has 0 amide bonds. The van der Waals surface area contributed by atoms with Gasteiger partial charge in [-0.3, -0.25) is 10.00 Å². The summed E-state index contributed by atoms with van der Waals surface area (Å²) >= 11 is 0. The normalized spacial score (nSPS) is 24.1. The number of nitrogens with zero attached hydrogens (tertiary/aromatic N) is 4. The Hall–Kier alpha value is -1.73. The van der Waals surface area contributed by atoms with Crippen molar-refractivity contribution in [1.82, 2.24) is 30.5 Å².